The van der Waals surface area contributed by atoms with Gasteiger partial charge in [-0.2, -0.15) is 15.0 Å². The number of methoxy groups -OCH3 is 1. The average Bonchev–Trinajstić information content (AvgIpc) is 2.95. The van der Waals surface area contributed by atoms with Crippen molar-refractivity contribution < 1.29 is 9.47 Å². The van der Waals surface area contributed by atoms with Gasteiger partial charge in [-0.3, -0.25) is 0 Å². The van der Waals surface area contributed by atoms with E-state index in [4.69, 9.17) is 33.9 Å². The topological polar surface area (TPSA) is 118 Å². The molecule has 2 aromatic heterocycles. The second kappa shape index (κ2) is 12.5. The standard InChI is InChI=1S/C29H26N8O2S2/c1-17-9-11-21(12-10-17)32-29(41)37-26-33-25(36-28(40)31-20-7-5-4-6-8-20)34-27(35-26)39-24-16-19-15-22(38-3)13-14-23(19)30-18(24)2/h4-16H,1-3H3,(H4,31,32,33,34,35,36,37,40,41). The van der Waals surface area contributed by atoms with Gasteiger partial charge >= 0.3 is 6.01 Å². The maximum absolute atomic E-state index is 6.11. The molecule has 41 heavy (non-hydrogen) atoms. The minimum absolute atomic E-state index is 0.0118. The normalized spacial score (nSPS) is 10.5. The zero-order valence-electron chi connectivity index (χ0n) is 22.4. The summed E-state index contributed by atoms with van der Waals surface area (Å²) < 4.78 is 11.5. The first-order valence-corrected chi connectivity index (χ1v) is 13.3. The van der Waals surface area contributed by atoms with Gasteiger partial charge < -0.3 is 30.7 Å². The Kier molecular flexibility index (Phi) is 8.42. The highest BCUT2D eigenvalue weighted by molar-refractivity contribution is 7.81. The van der Waals surface area contributed by atoms with E-state index in [1.807, 2.05) is 92.7 Å². The fraction of sp³-hybridized carbons (Fsp3) is 0.103. The fourth-order valence-corrected chi connectivity index (χ4v) is 4.18. The number of pyridine rings is 1. The van der Waals surface area contributed by atoms with Crippen LogP contribution in [0.5, 0.6) is 17.5 Å². The van der Waals surface area contributed by atoms with Crippen LogP contribution < -0.4 is 30.7 Å². The number of aromatic nitrogens is 4. The van der Waals surface area contributed by atoms with E-state index in [0.29, 0.717) is 17.2 Å². The van der Waals surface area contributed by atoms with Crippen LogP contribution in [0.25, 0.3) is 10.9 Å². The number of aryl methyl sites for hydroxylation is 2. The van der Waals surface area contributed by atoms with Crippen LogP contribution in [0.1, 0.15) is 11.3 Å². The summed E-state index contributed by atoms with van der Waals surface area (Å²) in [5, 5.41) is 13.6. The van der Waals surface area contributed by atoms with Crippen molar-refractivity contribution in [3.05, 3.63) is 90.1 Å². The second-order valence-electron chi connectivity index (χ2n) is 8.89. The number of nitrogens with zero attached hydrogens (tertiary/aromatic N) is 4. The number of para-hydroxylation sites is 1. The van der Waals surface area contributed by atoms with Gasteiger partial charge in [-0.1, -0.05) is 35.9 Å². The molecular weight excluding hydrogens is 557 g/mol. The number of rotatable bonds is 7. The molecular formula is C29H26N8O2S2. The van der Waals surface area contributed by atoms with E-state index >= 15 is 0 Å². The lowest BCUT2D eigenvalue weighted by atomic mass is 10.2. The Morgan fingerprint density at radius 3 is 1.95 bits per heavy atom. The van der Waals surface area contributed by atoms with Gasteiger partial charge in [0.25, 0.3) is 0 Å². The van der Waals surface area contributed by atoms with Crippen LogP contribution in [-0.4, -0.2) is 37.3 Å². The number of ether oxygens (including phenoxy) is 2. The lowest BCUT2D eigenvalue weighted by molar-refractivity contribution is 0.415. The molecule has 0 bridgehead atoms. The molecule has 4 N–H and O–H groups in total. The van der Waals surface area contributed by atoms with Crippen LogP contribution in [0, 0.1) is 13.8 Å². The summed E-state index contributed by atoms with van der Waals surface area (Å²) in [6, 6.07) is 24.8. The second-order valence-corrected chi connectivity index (χ2v) is 9.70. The van der Waals surface area contributed by atoms with Crippen LogP contribution >= 0.6 is 24.4 Å². The molecule has 0 aliphatic heterocycles. The molecule has 5 rings (SSSR count). The summed E-state index contributed by atoms with van der Waals surface area (Å²) >= 11 is 11.0. The Labute approximate surface area is 247 Å². The average molecular weight is 583 g/mol. The third kappa shape index (κ3) is 7.38. The minimum atomic E-state index is 0.0118. The van der Waals surface area contributed by atoms with E-state index in [2.05, 4.69) is 41.2 Å². The molecule has 0 saturated heterocycles. The molecule has 0 aliphatic rings. The number of benzene rings is 3. The summed E-state index contributed by atoms with van der Waals surface area (Å²) in [4.78, 5) is 17.9. The van der Waals surface area contributed by atoms with Crippen LogP contribution in [0.4, 0.5) is 23.3 Å². The summed E-state index contributed by atoms with van der Waals surface area (Å²) in [5.74, 6) is 1.48. The zero-order valence-corrected chi connectivity index (χ0v) is 24.1. The van der Waals surface area contributed by atoms with E-state index < -0.39 is 0 Å². The molecule has 0 aliphatic carbocycles. The lowest BCUT2D eigenvalue weighted by Crippen LogP contribution is -2.23. The summed E-state index contributed by atoms with van der Waals surface area (Å²) in [5.41, 5.74) is 4.23. The molecule has 5 aromatic rings. The Bertz CT molecular complexity index is 1720. The van der Waals surface area contributed by atoms with Gasteiger partial charge in [-0.15, -0.1) is 0 Å². The monoisotopic (exact) mass is 582 g/mol. The van der Waals surface area contributed by atoms with Gasteiger partial charge in [0, 0.05) is 16.8 Å². The molecule has 0 amide bonds. The minimum Gasteiger partial charge on any atom is -0.497 e. The van der Waals surface area contributed by atoms with Crippen molar-refractivity contribution in [1.82, 2.24) is 19.9 Å². The van der Waals surface area contributed by atoms with Crippen LogP contribution in [0.3, 0.4) is 0 Å². The van der Waals surface area contributed by atoms with Crippen molar-refractivity contribution in [1.29, 1.82) is 0 Å². The molecule has 0 radical (unpaired) electrons. The van der Waals surface area contributed by atoms with Crippen LogP contribution in [0.15, 0.2) is 78.9 Å². The molecule has 2 heterocycles. The number of anilines is 4. The van der Waals surface area contributed by atoms with Gasteiger partial charge in [0.05, 0.1) is 18.3 Å². The highest BCUT2D eigenvalue weighted by Crippen LogP contribution is 2.29. The van der Waals surface area contributed by atoms with Crippen molar-refractivity contribution in [2.45, 2.75) is 13.8 Å². The molecule has 0 fully saturated rings. The van der Waals surface area contributed by atoms with Gasteiger partial charge in [0.1, 0.15) is 5.75 Å². The largest absolute Gasteiger partial charge is 0.497 e. The molecule has 3 aromatic carbocycles. The molecule has 12 heteroatoms. The van der Waals surface area contributed by atoms with E-state index in [-0.39, 0.29) is 28.1 Å². The molecule has 0 saturated carbocycles. The van der Waals surface area contributed by atoms with Crippen molar-refractivity contribution in [2.75, 3.05) is 28.4 Å². The molecule has 0 unspecified atom stereocenters. The summed E-state index contributed by atoms with van der Waals surface area (Å²) in [6.45, 7) is 3.86. The molecule has 206 valence electrons. The lowest BCUT2D eigenvalue weighted by Gasteiger charge is -2.14. The Morgan fingerprint density at radius 2 is 1.32 bits per heavy atom. The Hall–Kier alpha value is -4.94. The van der Waals surface area contributed by atoms with Crippen LogP contribution in [-0.2, 0) is 0 Å². The van der Waals surface area contributed by atoms with Crippen molar-refractivity contribution in [3.63, 3.8) is 0 Å². The van der Waals surface area contributed by atoms with Crippen molar-refractivity contribution in [2.24, 2.45) is 0 Å². The first-order chi connectivity index (χ1) is 19.8. The third-order valence-electron chi connectivity index (χ3n) is 5.77. The molecule has 0 atom stereocenters. The SMILES string of the molecule is COc1ccc2nc(C)c(Oc3nc(NC(=S)Nc4ccccc4)nc(NC(=S)Nc4ccc(C)cc4)n3)cc2c1. The molecule has 0 spiro atoms. The Balaban J connectivity index is 1.42. The maximum atomic E-state index is 6.11. The number of thiocarbonyl (C=S) groups is 2. The highest BCUT2D eigenvalue weighted by Gasteiger charge is 2.14. The van der Waals surface area contributed by atoms with Crippen molar-refractivity contribution in [3.8, 4) is 17.5 Å². The van der Waals surface area contributed by atoms with E-state index in [9.17, 15) is 0 Å². The van der Waals surface area contributed by atoms with Gasteiger partial charge in [-0.05, 0) is 86.8 Å². The fourth-order valence-electron chi connectivity index (χ4n) is 3.76. The van der Waals surface area contributed by atoms with E-state index in [1.165, 1.54) is 0 Å². The maximum Gasteiger partial charge on any atom is 0.328 e. The van der Waals surface area contributed by atoms with Crippen molar-refractivity contribution >= 4 is 68.8 Å². The van der Waals surface area contributed by atoms with Gasteiger partial charge in [0.15, 0.2) is 16.0 Å². The highest BCUT2D eigenvalue weighted by atomic mass is 32.1. The number of hydrogen-bond donors (Lipinski definition) is 4. The molecule has 10 nitrogen and oxygen atoms in total. The van der Waals surface area contributed by atoms with Gasteiger partial charge in [0.2, 0.25) is 11.9 Å². The number of nitrogens with one attached hydrogen (secondary N) is 4. The van der Waals surface area contributed by atoms with E-state index in [1.54, 1.807) is 7.11 Å². The van der Waals surface area contributed by atoms with E-state index in [0.717, 1.165) is 27.8 Å². The third-order valence-corrected chi connectivity index (χ3v) is 6.18. The first kappa shape index (κ1) is 27.6. The number of fused-ring (bicyclic) bond motifs is 1. The number of hydrogen-bond acceptors (Lipinski definition) is 8. The first-order valence-electron chi connectivity index (χ1n) is 12.5. The smallest absolute Gasteiger partial charge is 0.328 e. The van der Waals surface area contributed by atoms with Gasteiger partial charge in [-0.25, -0.2) is 4.98 Å². The predicted octanol–water partition coefficient (Wildman–Crippen LogP) is 6.46. The Morgan fingerprint density at radius 1 is 0.683 bits per heavy atom. The summed E-state index contributed by atoms with van der Waals surface area (Å²) in [6.07, 6.45) is 0. The quantitative estimate of drug-likeness (QED) is 0.158. The summed E-state index contributed by atoms with van der Waals surface area (Å²) in [7, 11) is 1.61. The van der Waals surface area contributed by atoms with Crippen LogP contribution in [0.2, 0.25) is 0 Å². The predicted molar refractivity (Wildman–Crippen MR) is 170 cm³/mol. The zero-order chi connectivity index (χ0) is 28.8.